The van der Waals surface area contributed by atoms with Crippen LogP contribution in [0.4, 0.5) is 0 Å². The van der Waals surface area contributed by atoms with Crippen molar-refractivity contribution in [3.05, 3.63) is 64.6 Å². The number of rotatable bonds is 1. The topological polar surface area (TPSA) is 47.4 Å². The number of aromatic nitrogens is 2. The van der Waals surface area contributed by atoms with Gasteiger partial charge in [-0.3, -0.25) is 9.78 Å². The van der Waals surface area contributed by atoms with Crippen LogP contribution in [-0.4, -0.2) is 33.4 Å². The van der Waals surface area contributed by atoms with E-state index in [4.69, 9.17) is 16.3 Å². The van der Waals surface area contributed by atoms with Gasteiger partial charge in [-0.2, -0.15) is 0 Å². The van der Waals surface area contributed by atoms with E-state index in [2.05, 4.69) is 4.98 Å². The minimum Gasteiger partial charge on any atom is -0.365 e. The monoisotopic (exact) mass is 381 g/mol. The number of likely N-dealkylation sites (tertiary alicyclic amines) is 1. The van der Waals surface area contributed by atoms with Gasteiger partial charge < -0.3 is 14.2 Å². The summed E-state index contributed by atoms with van der Waals surface area (Å²) in [6.45, 7) is 1.99. The summed E-state index contributed by atoms with van der Waals surface area (Å²) in [5.74, 6) is 0.0715. The van der Waals surface area contributed by atoms with Gasteiger partial charge in [0.1, 0.15) is 0 Å². The largest absolute Gasteiger partial charge is 0.365 e. The summed E-state index contributed by atoms with van der Waals surface area (Å²) in [5.41, 5.74) is 3.83. The van der Waals surface area contributed by atoms with Gasteiger partial charge in [-0.15, -0.1) is 0 Å². The Morgan fingerprint density at radius 3 is 2.89 bits per heavy atom. The Kier molecular flexibility index (Phi) is 3.78. The third kappa shape index (κ3) is 2.57. The first-order chi connectivity index (χ1) is 13.1. The fourth-order valence-electron chi connectivity index (χ4n) is 4.44. The number of piperidine rings is 1. The highest BCUT2D eigenvalue weighted by molar-refractivity contribution is 6.31. The van der Waals surface area contributed by atoms with Crippen molar-refractivity contribution in [2.75, 3.05) is 13.1 Å². The molecule has 0 atom stereocenters. The molecule has 4 heterocycles. The van der Waals surface area contributed by atoms with E-state index in [9.17, 15) is 4.79 Å². The summed E-state index contributed by atoms with van der Waals surface area (Å²) >= 11 is 6.11. The number of ether oxygens (including phenoxy) is 1. The van der Waals surface area contributed by atoms with E-state index < -0.39 is 0 Å². The molecular formula is C21H20ClN3O2. The standard InChI is InChI=1S/C21H20ClN3O2/c1-24-12-17(16-3-2-15(22)10-19(16)24)20(26)25-8-5-21(6-9-25)18-11-23-7-4-14(18)13-27-21/h2-4,7,10-12H,5-6,8-9,13H2,1H3. The average molecular weight is 382 g/mol. The molecule has 2 aromatic heterocycles. The van der Waals surface area contributed by atoms with Gasteiger partial charge in [0.15, 0.2) is 0 Å². The minimum atomic E-state index is -0.285. The van der Waals surface area contributed by atoms with Crippen LogP contribution in [0.5, 0.6) is 0 Å². The van der Waals surface area contributed by atoms with Crippen molar-refractivity contribution in [2.24, 2.45) is 7.05 Å². The lowest BCUT2D eigenvalue weighted by Gasteiger charge is -2.39. The van der Waals surface area contributed by atoms with E-state index in [0.29, 0.717) is 24.7 Å². The maximum Gasteiger partial charge on any atom is 0.256 e. The van der Waals surface area contributed by atoms with Crippen molar-refractivity contribution < 1.29 is 9.53 Å². The Labute approximate surface area is 162 Å². The third-order valence-corrected chi connectivity index (χ3v) is 6.18. The first kappa shape index (κ1) is 16.8. The number of aryl methyl sites for hydroxylation is 1. The van der Waals surface area contributed by atoms with E-state index in [-0.39, 0.29) is 11.5 Å². The number of carbonyl (C=O) groups is 1. The van der Waals surface area contributed by atoms with Gasteiger partial charge in [-0.1, -0.05) is 17.7 Å². The fraction of sp³-hybridized carbons (Fsp3) is 0.333. The Balaban J connectivity index is 1.40. The molecule has 138 valence electrons. The van der Waals surface area contributed by atoms with Crippen LogP contribution in [0.3, 0.4) is 0 Å². The molecule has 1 fully saturated rings. The van der Waals surface area contributed by atoms with Crippen molar-refractivity contribution >= 4 is 28.4 Å². The number of amides is 1. The minimum absolute atomic E-state index is 0.0715. The van der Waals surface area contributed by atoms with Crippen molar-refractivity contribution in [3.8, 4) is 0 Å². The van der Waals surface area contributed by atoms with Crippen LogP contribution in [0.2, 0.25) is 5.02 Å². The molecule has 0 radical (unpaired) electrons. The van der Waals surface area contributed by atoms with E-state index in [1.165, 1.54) is 11.1 Å². The molecule has 1 saturated heterocycles. The van der Waals surface area contributed by atoms with Crippen molar-refractivity contribution in [2.45, 2.75) is 25.0 Å². The van der Waals surface area contributed by atoms with Gasteiger partial charge in [0.2, 0.25) is 0 Å². The Morgan fingerprint density at radius 1 is 1.26 bits per heavy atom. The van der Waals surface area contributed by atoms with Crippen LogP contribution < -0.4 is 0 Å². The maximum absolute atomic E-state index is 13.2. The summed E-state index contributed by atoms with van der Waals surface area (Å²) in [6, 6.07) is 7.69. The second kappa shape index (κ2) is 6.08. The van der Waals surface area contributed by atoms with Crippen molar-refractivity contribution in [1.29, 1.82) is 0 Å². The smallest absolute Gasteiger partial charge is 0.256 e. The number of pyridine rings is 1. The highest BCUT2D eigenvalue weighted by atomic mass is 35.5. The molecule has 5 rings (SSSR count). The number of halogens is 1. The van der Waals surface area contributed by atoms with Gasteiger partial charge in [0.25, 0.3) is 5.91 Å². The summed E-state index contributed by atoms with van der Waals surface area (Å²) in [7, 11) is 1.94. The lowest BCUT2D eigenvalue weighted by atomic mass is 9.84. The highest BCUT2D eigenvalue weighted by Gasteiger charge is 2.43. The number of hydrogen-bond acceptors (Lipinski definition) is 3. The molecule has 5 nitrogen and oxygen atoms in total. The quantitative estimate of drug-likeness (QED) is 0.642. The molecule has 6 heteroatoms. The number of carbonyl (C=O) groups excluding carboxylic acids is 1. The van der Waals surface area contributed by atoms with Crippen LogP contribution in [0.1, 0.15) is 34.3 Å². The van der Waals surface area contributed by atoms with E-state index in [1.807, 2.05) is 59.4 Å². The molecule has 1 aromatic carbocycles. The Hall–Kier alpha value is -2.37. The predicted octanol–water partition coefficient (Wildman–Crippen LogP) is 3.89. The number of nitrogens with zero attached hydrogens (tertiary/aromatic N) is 3. The molecule has 0 N–H and O–H groups in total. The van der Waals surface area contributed by atoms with Gasteiger partial charge in [-0.25, -0.2) is 0 Å². The molecule has 0 aliphatic carbocycles. The molecule has 0 unspecified atom stereocenters. The van der Waals surface area contributed by atoms with Crippen LogP contribution in [0.15, 0.2) is 42.9 Å². The zero-order chi connectivity index (χ0) is 18.6. The Bertz CT molecular complexity index is 1050. The molecule has 0 bridgehead atoms. The predicted molar refractivity (Wildman–Crippen MR) is 104 cm³/mol. The highest BCUT2D eigenvalue weighted by Crippen LogP contribution is 2.44. The van der Waals surface area contributed by atoms with Gasteiger partial charge >= 0.3 is 0 Å². The molecule has 27 heavy (non-hydrogen) atoms. The van der Waals surface area contributed by atoms with E-state index in [0.717, 1.165) is 29.3 Å². The van der Waals surface area contributed by atoms with Gasteiger partial charge in [0, 0.05) is 54.7 Å². The lowest BCUT2D eigenvalue weighted by Crippen LogP contribution is -2.45. The SMILES string of the molecule is Cn1cc(C(=O)N2CCC3(CC2)OCc2ccncc23)c2ccc(Cl)cc21. The van der Waals surface area contributed by atoms with Crippen LogP contribution in [-0.2, 0) is 24.0 Å². The number of hydrogen-bond donors (Lipinski definition) is 0. The molecule has 1 amide bonds. The molecule has 1 spiro atoms. The zero-order valence-corrected chi connectivity index (χ0v) is 15.9. The van der Waals surface area contributed by atoms with E-state index >= 15 is 0 Å². The summed E-state index contributed by atoms with van der Waals surface area (Å²) in [4.78, 5) is 19.4. The van der Waals surface area contributed by atoms with Crippen molar-refractivity contribution in [3.63, 3.8) is 0 Å². The Morgan fingerprint density at radius 2 is 2.07 bits per heavy atom. The molecule has 0 saturated carbocycles. The van der Waals surface area contributed by atoms with Gasteiger partial charge in [-0.05, 0) is 36.6 Å². The second-order valence-corrected chi connectivity index (χ2v) is 7.86. The lowest BCUT2D eigenvalue weighted by molar-refractivity contribution is -0.0742. The normalized spacial score (nSPS) is 18.2. The zero-order valence-electron chi connectivity index (χ0n) is 15.1. The fourth-order valence-corrected chi connectivity index (χ4v) is 4.60. The van der Waals surface area contributed by atoms with Crippen LogP contribution in [0, 0.1) is 0 Å². The molecule has 2 aliphatic heterocycles. The molecular weight excluding hydrogens is 362 g/mol. The summed E-state index contributed by atoms with van der Waals surface area (Å²) in [5, 5.41) is 1.62. The van der Waals surface area contributed by atoms with Gasteiger partial charge in [0.05, 0.1) is 23.3 Å². The summed E-state index contributed by atoms with van der Waals surface area (Å²) < 4.78 is 8.14. The third-order valence-electron chi connectivity index (χ3n) is 5.95. The average Bonchev–Trinajstić information content (AvgIpc) is 3.21. The number of fused-ring (bicyclic) bond motifs is 3. The van der Waals surface area contributed by atoms with Crippen LogP contribution in [0.25, 0.3) is 10.9 Å². The first-order valence-corrected chi connectivity index (χ1v) is 9.56. The second-order valence-electron chi connectivity index (χ2n) is 7.42. The molecule has 3 aromatic rings. The maximum atomic E-state index is 13.2. The van der Waals surface area contributed by atoms with E-state index in [1.54, 1.807) is 0 Å². The number of benzene rings is 1. The molecule has 2 aliphatic rings. The van der Waals surface area contributed by atoms with Crippen LogP contribution >= 0.6 is 11.6 Å². The first-order valence-electron chi connectivity index (χ1n) is 9.19. The van der Waals surface area contributed by atoms with Crippen molar-refractivity contribution in [1.82, 2.24) is 14.5 Å². The summed E-state index contributed by atoms with van der Waals surface area (Å²) in [6.07, 6.45) is 7.24.